The molecule has 1 amide bonds. The molecular weight excluding hydrogens is 564 g/mol. The van der Waals surface area contributed by atoms with E-state index in [9.17, 15) is 45.2 Å². The third-order valence-electron chi connectivity index (χ3n) is 10.3. The van der Waals surface area contributed by atoms with Crippen molar-refractivity contribution in [3.05, 3.63) is 39.5 Å². The van der Waals surface area contributed by atoms with Gasteiger partial charge in [-0.15, -0.1) is 4.81 Å². The molecule has 13 nitrogen and oxygen atoms in total. The standard InChI is InChI=1S/C30H42N2O11/c1-5-14(3)23-28(38)32(41)30(15(4)6-2,29(39)31(23)40)42-20-13-17(9-12-19(20)43-32)22-26(36)24(34)21(25(35)27(22)37)16-7-10-18(33)11-8-16/h14-20,33-34,37-38,40H,5-13H2,1-4H3/t14-,15+,16?,17?,18?,19?,20?,30+,32+/m0/s1. The van der Waals surface area contributed by atoms with Gasteiger partial charge in [0.05, 0.1) is 29.3 Å². The van der Waals surface area contributed by atoms with E-state index in [4.69, 9.17) is 9.57 Å². The lowest BCUT2D eigenvalue weighted by molar-refractivity contribution is -1.12. The first-order chi connectivity index (χ1) is 20.2. The number of fused-ring (bicyclic) bond motifs is 2. The van der Waals surface area contributed by atoms with Crippen LogP contribution in [0, 0.1) is 28.9 Å². The molecule has 3 unspecified atom stereocenters. The number of Topliss-reactive ketones (excluding diaryl/α,β-unsaturated/α-hetero) is 2. The number of quaternary nitrogens is 1. The van der Waals surface area contributed by atoms with Gasteiger partial charge in [-0.05, 0) is 69.6 Å². The van der Waals surface area contributed by atoms with Crippen molar-refractivity contribution in [3.8, 4) is 0 Å². The summed E-state index contributed by atoms with van der Waals surface area (Å²) in [5, 5.41) is 68.7. The van der Waals surface area contributed by atoms with Gasteiger partial charge in [-0.25, -0.2) is 0 Å². The highest BCUT2D eigenvalue weighted by atomic mass is 17.0. The number of ketones is 2. The van der Waals surface area contributed by atoms with Gasteiger partial charge in [0, 0.05) is 5.92 Å². The van der Waals surface area contributed by atoms with Crippen molar-refractivity contribution in [1.82, 2.24) is 5.06 Å². The Balaban J connectivity index is 1.47. The number of amides is 1. The Morgan fingerprint density at radius 2 is 1.47 bits per heavy atom. The SMILES string of the molecule is CC[C@@H](C)[C@]12OC3CC(C4=C(O)C(=O)C(C5CCC(O)CC5)=C(O)C4=O)CCC3O[N@+]1([O-])C(O)=C([C@@H](C)CC)N(O)C2=O. The van der Waals surface area contributed by atoms with Crippen LogP contribution in [0.1, 0.15) is 85.5 Å². The summed E-state index contributed by atoms with van der Waals surface area (Å²) < 4.78 is 6.31. The van der Waals surface area contributed by atoms with Crippen LogP contribution in [0.15, 0.2) is 34.2 Å². The molecule has 0 radical (unpaired) electrons. The highest BCUT2D eigenvalue weighted by Crippen LogP contribution is 2.53. The van der Waals surface area contributed by atoms with E-state index >= 15 is 0 Å². The molecule has 0 aromatic heterocycles. The van der Waals surface area contributed by atoms with E-state index < -0.39 is 87.4 Å². The van der Waals surface area contributed by atoms with Crippen molar-refractivity contribution >= 4 is 17.5 Å². The maximum atomic E-state index is 14.5. The van der Waals surface area contributed by atoms with Crippen LogP contribution in [0.2, 0.25) is 0 Å². The van der Waals surface area contributed by atoms with E-state index in [1.807, 2.05) is 0 Å². The zero-order valence-electron chi connectivity index (χ0n) is 25.0. The topological polar surface area (TPSA) is 197 Å². The van der Waals surface area contributed by atoms with E-state index in [1.54, 1.807) is 27.7 Å². The molecule has 2 heterocycles. The van der Waals surface area contributed by atoms with Gasteiger partial charge >= 0.3 is 17.5 Å². The van der Waals surface area contributed by atoms with E-state index in [1.165, 1.54) is 0 Å². The first kappa shape index (κ1) is 31.6. The van der Waals surface area contributed by atoms with Gasteiger partial charge in [-0.3, -0.25) is 19.6 Å². The number of rotatable bonds is 6. The van der Waals surface area contributed by atoms with Crippen LogP contribution in [0.25, 0.3) is 0 Å². The number of nitrogens with zero attached hydrogens (tertiary/aromatic N) is 2. The lowest BCUT2D eigenvalue weighted by Crippen LogP contribution is -2.79. The number of hydroxylamine groups is 6. The van der Waals surface area contributed by atoms with Crippen LogP contribution in [-0.4, -0.2) is 77.0 Å². The summed E-state index contributed by atoms with van der Waals surface area (Å²) in [7, 11) is 0. The zero-order valence-corrected chi connectivity index (χ0v) is 25.0. The van der Waals surface area contributed by atoms with E-state index in [0.29, 0.717) is 32.1 Å². The van der Waals surface area contributed by atoms with Gasteiger partial charge in [0.15, 0.2) is 17.2 Å². The van der Waals surface area contributed by atoms with Crippen LogP contribution in [0.3, 0.4) is 0 Å². The third kappa shape index (κ3) is 4.55. The minimum absolute atomic E-state index is 0.0408. The van der Waals surface area contributed by atoms with Crippen molar-refractivity contribution < 1.29 is 54.4 Å². The molecule has 5 aliphatic rings. The first-order valence-corrected chi connectivity index (χ1v) is 15.3. The van der Waals surface area contributed by atoms with Gasteiger partial charge in [0.1, 0.15) is 6.10 Å². The van der Waals surface area contributed by atoms with Gasteiger partial charge in [-0.2, -0.15) is 9.90 Å². The Labute approximate surface area is 249 Å². The zero-order chi connectivity index (χ0) is 31.6. The lowest BCUT2D eigenvalue weighted by Gasteiger charge is -2.61. The molecular formula is C30H42N2O11. The summed E-state index contributed by atoms with van der Waals surface area (Å²) in [4.78, 5) is 44.6. The minimum Gasteiger partial charge on any atom is -0.588 e. The molecule has 3 fully saturated rings. The average Bonchev–Trinajstić information content (AvgIpc) is 2.99. The molecule has 13 heteroatoms. The molecule has 3 aliphatic carbocycles. The summed E-state index contributed by atoms with van der Waals surface area (Å²) in [6, 6.07) is 0. The Kier molecular flexibility index (Phi) is 8.29. The number of hydrogen-bond donors (Lipinski definition) is 5. The number of aliphatic hydroxyl groups excluding tert-OH is 4. The normalized spacial score (nSPS) is 38.7. The maximum Gasteiger partial charge on any atom is 0.348 e. The molecule has 0 spiro atoms. The fourth-order valence-electron chi connectivity index (χ4n) is 7.42. The van der Waals surface area contributed by atoms with Crippen molar-refractivity contribution in [1.29, 1.82) is 0 Å². The fourth-order valence-corrected chi connectivity index (χ4v) is 7.42. The summed E-state index contributed by atoms with van der Waals surface area (Å²) in [6.07, 6.45) is 0.0969. The summed E-state index contributed by atoms with van der Waals surface area (Å²) >= 11 is 0. The number of carbonyl (C=O) groups is 3. The summed E-state index contributed by atoms with van der Waals surface area (Å²) in [5.41, 5.74) is -3.06. The number of allylic oxidation sites excluding steroid dienone is 3. The number of carbonyl (C=O) groups excluding carboxylic acids is 3. The molecule has 0 aromatic carbocycles. The van der Waals surface area contributed by atoms with Gasteiger partial charge < -0.3 is 30.4 Å². The molecule has 238 valence electrons. The Morgan fingerprint density at radius 3 is 2.02 bits per heavy atom. The number of aliphatic hydroxyl groups is 4. The molecule has 2 saturated carbocycles. The number of ether oxygens (including phenoxy) is 1. The van der Waals surface area contributed by atoms with Crippen LogP contribution in [0.5, 0.6) is 0 Å². The Bertz CT molecular complexity index is 1300. The molecule has 0 bridgehead atoms. The predicted octanol–water partition coefficient (Wildman–Crippen LogP) is 3.87. The summed E-state index contributed by atoms with van der Waals surface area (Å²) in [5.74, 6) is -7.74. The molecule has 1 saturated heterocycles. The molecule has 5 rings (SSSR count). The maximum absolute atomic E-state index is 14.5. The van der Waals surface area contributed by atoms with E-state index in [-0.39, 0.29) is 47.6 Å². The van der Waals surface area contributed by atoms with Gasteiger partial charge in [-0.1, -0.05) is 27.7 Å². The van der Waals surface area contributed by atoms with Crippen LogP contribution in [-0.2, 0) is 24.0 Å². The first-order valence-electron chi connectivity index (χ1n) is 15.3. The highest BCUT2D eigenvalue weighted by molar-refractivity contribution is 6.23. The van der Waals surface area contributed by atoms with Crippen molar-refractivity contribution in [2.45, 2.75) is 110 Å². The molecule has 2 aliphatic heterocycles. The Hall–Kier alpha value is -2.81. The average molecular weight is 607 g/mol. The van der Waals surface area contributed by atoms with Crippen molar-refractivity contribution in [3.63, 3.8) is 0 Å². The molecule has 5 N–H and O–H groups in total. The third-order valence-corrected chi connectivity index (χ3v) is 10.3. The van der Waals surface area contributed by atoms with Crippen LogP contribution < -0.4 is 0 Å². The smallest absolute Gasteiger partial charge is 0.348 e. The molecule has 0 aromatic rings. The molecule has 43 heavy (non-hydrogen) atoms. The fraction of sp³-hybridized carbons (Fsp3) is 0.700. The predicted molar refractivity (Wildman–Crippen MR) is 148 cm³/mol. The molecule has 7 atom stereocenters. The second-order valence-corrected chi connectivity index (χ2v) is 12.7. The van der Waals surface area contributed by atoms with E-state index in [0.717, 1.165) is 0 Å². The van der Waals surface area contributed by atoms with Gasteiger partial charge in [0.2, 0.25) is 11.6 Å². The summed E-state index contributed by atoms with van der Waals surface area (Å²) in [6.45, 7) is 6.72. The lowest BCUT2D eigenvalue weighted by atomic mass is 9.72. The van der Waals surface area contributed by atoms with Gasteiger partial charge in [0.25, 0.3) is 0 Å². The Morgan fingerprint density at radius 1 is 0.907 bits per heavy atom. The quantitative estimate of drug-likeness (QED) is 0.127. The van der Waals surface area contributed by atoms with Crippen molar-refractivity contribution in [2.75, 3.05) is 0 Å². The van der Waals surface area contributed by atoms with E-state index in [2.05, 4.69) is 0 Å². The van der Waals surface area contributed by atoms with Crippen LogP contribution in [0.4, 0.5) is 0 Å². The minimum atomic E-state index is -2.41. The van der Waals surface area contributed by atoms with Crippen LogP contribution >= 0.6 is 0 Å². The monoisotopic (exact) mass is 606 g/mol. The number of hydrogen-bond acceptors (Lipinski definition) is 11. The highest BCUT2D eigenvalue weighted by Gasteiger charge is 2.72. The second-order valence-electron chi connectivity index (χ2n) is 12.7. The van der Waals surface area contributed by atoms with Crippen molar-refractivity contribution in [2.24, 2.45) is 23.7 Å². The second kappa shape index (κ2) is 11.3. The largest absolute Gasteiger partial charge is 0.588 e.